The van der Waals surface area contributed by atoms with Crippen LogP contribution < -0.4 is 0 Å². The van der Waals surface area contributed by atoms with Crippen molar-refractivity contribution >= 4 is 22.0 Å². The number of carbonyl (C=O) groups is 1. The third kappa shape index (κ3) is 4.33. The molecule has 0 atom stereocenters. The zero-order chi connectivity index (χ0) is 20.3. The maximum absolute atomic E-state index is 13.5. The van der Waals surface area contributed by atoms with Gasteiger partial charge in [-0.05, 0) is 47.0 Å². The van der Waals surface area contributed by atoms with Gasteiger partial charge in [0, 0.05) is 5.56 Å². The van der Waals surface area contributed by atoms with Crippen molar-refractivity contribution in [2.24, 2.45) is 0 Å². The fourth-order valence-electron chi connectivity index (χ4n) is 2.71. The number of benzene rings is 3. The summed E-state index contributed by atoms with van der Waals surface area (Å²) in [6, 6.07) is 16.2. The molecule has 0 heterocycles. The van der Waals surface area contributed by atoms with Gasteiger partial charge in [-0.1, -0.05) is 48.5 Å². The summed E-state index contributed by atoms with van der Waals surface area (Å²) < 4.78 is 45.2. The van der Waals surface area contributed by atoms with E-state index in [9.17, 15) is 22.7 Å². The molecule has 5 nitrogen and oxygen atoms in total. The van der Waals surface area contributed by atoms with Gasteiger partial charge >= 0.3 is 0 Å². The van der Waals surface area contributed by atoms with Gasteiger partial charge in [-0.2, -0.15) is 8.42 Å². The number of rotatable bonds is 5. The lowest BCUT2D eigenvalue weighted by atomic mass is 9.96. The normalized spacial score (nSPS) is 11.6. The zero-order valence-electron chi connectivity index (χ0n) is 14.4. The standard InChI is InChI=1S/C21H15FO5S/c22-16-5-3-4-15(13-16)17-6-1-2-7-18(17)19(23)10-8-14-9-11-20(24)21(12-14)28(25,26)27/h1-13,24H,(H,25,26,27). The maximum atomic E-state index is 13.5. The Hall–Kier alpha value is -3.29. The van der Waals surface area contributed by atoms with Crippen molar-refractivity contribution in [2.45, 2.75) is 4.90 Å². The molecule has 0 saturated carbocycles. The molecule has 0 aliphatic heterocycles. The van der Waals surface area contributed by atoms with Crippen LogP contribution in [0.15, 0.2) is 77.7 Å². The largest absolute Gasteiger partial charge is 0.506 e. The Morgan fingerprint density at radius 2 is 1.71 bits per heavy atom. The zero-order valence-corrected chi connectivity index (χ0v) is 15.2. The third-order valence-electron chi connectivity index (χ3n) is 4.02. The van der Waals surface area contributed by atoms with Crippen LogP contribution in [0, 0.1) is 5.82 Å². The Morgan fingerprint density at radius 3 is 2.43 bits per heavy atom. The molecule has 2 N–H and O–H groups in total. The van der Waals surface area contributed by atoms with E-state index >= 15 is 0 Å². The van der Waals surface area contributed by atoms with E-state index in [1.807, 2.05) is 0 Å². The number of phenolic OH excluding ortho intramolecular Hbond substituents is 1. The minimum absolute atomic E-state index is 0.294. The molecule has 0 aliphatic rings. The predicted molar refractivity (Wildman–Crippen MR) is 103 cm³/mol. The molecule has 0 amide bonds. The number of hydrogen-bond acceptors (Lipinski definition) is 4. The SMILES string of the molecule is O=C(C=Cc1ccc(O)c(S(=O)(=O)O)c1)c1ccccc1-c1cccc(F)c1. The van der Waals surface area contributed by atoms with E-state index in [2.05, 4.69) is 0 Å². The van der Waals surface area contributed by atoms with E-state index in [0.717, 1.165) is 12.1 Å². The van der Waals surface area contributed by atoms with Gasteiger partial charge in [0.2, 0.25) is 0 Å². The highest BCUT2D eigenvalue weighted by Gasteiger charge is 2.15. The van der Waals surface area contributed by atoms with Crippen molar-refractivity contribution in [1.82, 2.24) is 0 Å². The van der Waals surface area contributed by atoms with Crippen LogP contribution in [0.2, 0.25) is 0 Å². The summed E-state index contributed by atoms with van der Waals surface area (Å²) in [6.45, 7) is 0. The van der Waals surface area contributed by atoms with Crippen molar-refractivity contribution in [1.29, 1.82) is 0 Å². The molecule has 142 valence electrons. The summed E-state index contributed by atoms with van der Waals surface area (Å²) in [4.78, 5) is 12.0. The highest BCUT2D eigenvalue weighted by molar-refractivity contribution is 7.86. The van der Waals surface area contributed by atoms with Crippen LogP contribution in [-0.4, -0.2) is 23.9 Å². The second-order valence-electron chi connectivity index (χ2n) is 5.96. The van der Waals surface area contributed by atoms with Gasteiger partial charge in [0.25, 0.3) is 10.1 Å². The lowest BCUT2D eigenvalue weighted by Crippen LogP contribution is -1.99. The van der Waals surface area contributed by atoms with Crippen LogP contribution in [0.4, 0.5) is 4.39 Å². The lowest BCUT2D eigenvalue weighted by Gasteiger charge is -2.07. The summed E-state index contributed by atoms with van der Waals surface area (Å²) in [6.07, 6.45) is 2.59. The summed E-state index contributed by atoms with van der Waals surface area (Å²) in [5, 5.41) is 9.55. The first-order valence-electron chi connectivity index (χ1n) is 8.13. The van der Waals surface area contributed by atoms with Gasteiger partial charge in [-0.15, -0.1) is 0 Å². The molecular formula is C21H15FO5S. The Kier molecular flexibility index (Phi) is 5.39. The van der Waals surface area contributed by atoms with Crippen molar-refractivity contribution in [3.05, 3.63) is 89.8 Å². The molecule has 3 aromatic rings. The van der Waals surface area contributed by atoms with E-state index in [1.165, 1.54) is 30.4 Å². The molecule has 3 aromatic carbocycles. The van der Waals surface area contributed by atoms with Crippen LogP contribution in [-0.2, 0) is 10.1 Å². The van der Waals surface area contributed by atoms with Gasteiger partial charge in [-0.25, -0.2) is 4.39 Å². The third-order valence-corrected chi connectivity index (χ3v) is 4.90. The fraction of sp³-hybridized carbons (Fsp3) is 0. The fourth-order valence-corrected chi connectivity index (χ4v) is 3.33. The molecule has 0 bridgehead atoms. The minimum atomic E-state index is -4.60. The molecule has 7 heteroatoms. The molecule has 0 aliphatic carbocycles. The van der Waals surface area contributed by atoms with Gasteiger partial charge in [0.15, 0.2) is 5.78 Å². The number of halogens is 1. The van der Waals surface area contributed by atoms with E-state index in [-0.39, 0.29) is 5.78 Å². The smallest absolute Gasteiger partial charge is 0.298 e. The van der Waals surface area contributed by atoms with Crippen LogP contribution in [0.5, 0.6) is 5.75 Å². The second kappa shape index (κ2) is 7.75. The topological polar surface area (TPSA) is 91.7 Å². The molecule has 3 rings (SSSR count). The molecule has 28 heavy (non-hydrogen) atoms. The number of ketones is 1. The van der Waals surface area contributed by atoms with E-state index in [4.69, 9.17) is 4.55 Å². The molecule has 0 unspecified atom stereocenters. The molecule has 0 saturated heterocycles. The van der Waals surface area contributed by atoms with Crippen LogP contribution >= 0.6 is 0 Å². The van der Waals surface area contributed by atoms with E-state index in [0.29, 0.717) is 22.3 Å². The Labute approximate surface area is 161 Å². The van der Waals surface area contributed by atoms with Crippen molar-refractivity contribution in [3.63, 3.8) is 0 Å². The molecule has 0 fully saturated rings. The first kappa shape index (κ1) is 19.5. The summed E-state index contributed by atoms with van der Waals surface area (Å²) in [5.41, 5.74) is 1.75. The number of hydrogen-bond donors (Lipinski definition) is 2. The number of carbonyl (C=O) groups excluding carboxylic acids is 1. The number of phenols is 1. The van der Waals surface area contributed by atoms with Gasteiger partial charge in [0.05, 0.1) is 0 Å². The van der Waals surface area contributed by atoms with Gasteiger partial charge in [0.1, 0.15) is 16.5 Å². The van der Waals surface area contributed by atoms with E-state index in [1.54, 1.807) is 36.4 Å². The molecule has 0 spiro atoms. The summed E-state index contributed by atoms with van der Waals surface area (Å²) in [5.74, 6) is -1.39. The quantitative estimate of drug-likeness (QED) is 0.379. The molecule has 0 radical (unpaired) electrons. The van der Waals surface area contributed by atoms with E-state index < -0.39 is 26.6 Å². The monoisotopic (exact) mass is 398 g/mol. The first-order valence-corrected chi connectivity index (χ1v) is 9.57. The second-order valence-corrected chi connectivity index (χ2v) is 7.35. The average Bonchev–Trinajstić information content (AvgIpc) is 2.66. The number of allylic oxidation sites excluding steroid dienone is 1. The summed E-state index contributed by atoms with van der Waals surface area (Å²) >= 11 is 0. The lowest BCUT2D eigenvalue weighted by molar-refractivity contribution is 0.104. The van der Waals surface area contributed by atoms with Crippen LogP contribution in [0.1, 0.15) is 15.9 Å². The summed E-state index contributed by atoms with van der Waals surface area (Å²) in [7, 11) is -4.60. The Bertz CT molecular complexity index is 1180. The maximum Gasteiger partial charge on any atom is 0.298 e. The molecule has 0 aromatic heterocycles. The molecular weight excluding hydrogens is 383 g/mol. The average molecular weight is 398 g/mol. The van der Waals surface area contributed by atoms with Gasteiger partial charge in [-0.3, -0.25) is 9.35 Å². The number of aromatic hydroxyl groups is 1. The predicted octanol–water partition coefficient (Wildman–Crippen LogP) is 4.34. The minimum Gasteiger partial charge on any atom is -0.506 e. The van der Waals surface area contributed by atoms with Gasteiger partial charge < -0.3 is 5.11 Å². The Balaban J connectivity index is 1.95. The highest BCUT2D eigenvalue weighted by atomic mass is 32.2. The Morgan fingerprint density at radius 1 is 0.964 bits per heavy atom. The van der Waals surface area contributed by atoms with Crippen molar-refractivity contribution < 1.29 is 27.3 Å². The van der Waals surface area contributed by atoms with Crippen LogP contribution in [0.25, 0.3) is 17.2 Å². The first-order chi connectivity index (χ1) is 13.3. The van der Waals surface area contributed by atoms with Crippen molar-refractivity contribution in [2.75, 3.05) is 0 Å². The highest BCUT2D eigenvalue weighted by Crippen LogP contribution is 2.26. The van der Waals surface area contributed by atoms with Crippen LogP contribution in [0.3, 0.4) is 0 Å². The van der Waals surface area contributed by atoms with Crippen molar-refractivity contribution in [3.8, 4) is 16.9 Å².